The molecule has 1 aliphatic rings. The van der Waals surface area contributed by atoms with Crippen LogP contribution in [0, 0.1) is 0 Å². The first-order valence-electron chi connectivity index (χ1n) is 9.64. The molecule has 1 aromatic rings. The lowest BCUT2D eigenvalue weighted by Crippen LogP contribution is -2.50. The summed E-state index contributed by atoms with van der Waals surface area (Å²) in [5, 5.41) is 17.2. The van der Waals surface area contributed by atoms with Crippen LogP contribution in [0.2, 0.25) is 0 Å². The maximum Gasteiger partial charge on any atom is 0.191 e. The van der Waals surface area contributed by atoms with Gasteiger partial charge in [-0.15, -0.1) is 24.0 Å². The highest BCUT2D eigenvalue weighted by Gasteiger charge is 2.21. The number of guanidine groups is 1. The number of hydrogen-bond donors (Lipinski definition) is 3. The molecule has 0 aliphatic carbocycles. The predicted octanol–water partition coefficient (Wildman–Crippen LogP) is 2.77. The molecule has 1 heterocycles. The van der Waals surface area contributed by atoms with Crippen LogP contribution in [0.25, 0.3) is 0 Å². The lowest BCUT2D eigenvalue weighted by Gasteiger charge is -2.35. The average Bonchev–Trinajstić information content (AvgIpc) is 2.66. The second-order valence-corrected chi connectivity index (χ2v) is 7.06. The van der Waals surface area contributed by atoms with Crippen molar-refractivity contribution in [1.82, 2.24) is 15.5 Å². The molecule has 1 saturated heterocycles. The van der Waals surface area contributed by atoms with Gasteiger partial charge in [-0.2, -0.15) is 0 Å². The summed E-state index contributed by atoms with van der Waals surface area (Å²) in [5.41, 5.74) is 0.843. The van der Waals surface area contributed by atoms with E-state index in [1.54, 1.807) is 7.11 Å². The number of aliphatic imine (C=N–C) groups is 1. The Morgan fingerprint density at radius 1 is 1.26 bits per heavy atom. The smallest absolute Gasteiger partial charge is 0.191 e. The van der Waals surface area contributed by atoms with Crippen molar-refractivity contribution in [3.05, 3.63) is 29.8 Å². The first-order chi connectivity index (χ1) is 12.5. The zero-order valence-corrected chi connectivity index (χ0v) is 19.3. The molecule has 0 aromatic heterocycles. The number of nitrogens with zero attached hydrogens (tertiary/aromatic N) is 2. The molecule has 1 atom stereocenters. The molecule has 0 spiro atoms. The lowest BCUT2D eigenvalue weighted by molar-refractivity contribution is 0.167. The van der Waals surface area contributed by atoms with Crippen LogP contribution >= 0.6 is 24.0 Å². The molecule has 7 heteroatoms. The summed E-state index contributed by atoms with van der Waals surface area (Å²) < 4.78 is 5.15. The van der Waals surface area contributed by atoms with E-state index in [-0.39, 0.29) is 24.0 Å². The molecule has 0 radical (unpaired) electrons. The topological polar surface area (TPSA) is 69.1 Å². The molecule has 0 amide bonds. The molecular formula is C20H35IN4O2. The Kier molecular flexibility index (Phi) is 11.0. The number of nitrogens with one attached hydrogen (secondary N) is 2. The van der Waals surface area contributed by atoms with Gasteiger partial charge in [0.2, 0.25) is 0 Å². The molecule has 0 saturated carbocycles. The number of benzene rings is 1. The molecule has 0 bridgehead atoms. The fraction of sp³-hybridized carbons (Fsp3) is 0.650. The Labute approximate surface area is 180 Å². The summed E-state index contributed by atoms with van der Waals surface area (Å²) in [7, 11) is 1.63. The summed E-state index contributed by atoms with van der Waals surface area (Å²) >= 11 is 0. The van der Waals surface area contributed by atoms with Crippen LogP contribution in [0.1, 0.15) is 45.3 Å². The third kappa shape index (κ3) is 7.83. The molecule has 1 aliphatic heterocycles. The van der Waals surface area contributed by atoms with E-state index in [9.17, 15) is 5.11 Å². The molecule has 1 aromatic carbocycles. The third-order valence-corrected chi connectivity index (χ3v) is 4.87. The zero-order valence-electron chi connectivity index (χ0n) is 16.9. The minimum absolute atomic E-state index is 0. The van der Waals surface area contributed by atoms with Crippen LogP contribution in [0.5, 0.6) is 5.75 Å². The van der Waals surface area contributed by atoms with Crippen molar-refractivity contribution in [2.75, 3.05) is 33.3 Å². The highest BCUT2D eigenvalue weighted by Crippen LogP contribution is 2.18. The monoisotopic (exact) mass is 490 g/mol. The average molecular weight is 490 g/mol. The second kappa shape index (κ2) is 12.4. The van der Waals surface area contributed by atoms with Crippen molar-refractivity contribution >= 4 is 29.9 Å². The predicted molar refractivity (Wildman–Crippen MR) is 122 cm³/mol. The molecule has 154 valence electrons. The second-order valence-electron chi connectivity index (χ2n) is 7.06. The Morgan fingerprint density at radius 2 is 1.89 bits per heavy atom. The Bertz CT molecular complexity index is 558. The zero-order chi connectivity index (χ0) is 18.9. The Hall–Kier alpha value is -1.06. The van der Waals surface area contributed by atoms with Crippen molar-refractivity contribution < 1.29 is 9.84 Å². The number of methoxy groups -OCH3 is 1. The first-order valence-corrected chi connectivity index (χ1v) is 9.64. The van der Waals surface area contributed by atoms with Gasteiger partial charge < -0.3 is 25.4 Å². The van der Waals surface area contributed by atoms with Crippen LogP contribution in [0.4, 0.5) is 0 Å². The largest absolute Gasteiger partial charge is 0.497 e. The minimum atomic E-state index is -0.626. The van der Waals surface area contributed by atoms with Gasteiger partial charge in [0.05, 0.1) is 19.8 Å². The summed E-state index contributed by atoms with van der Waals surface area (Å²) in [4.78, 5) is 7.09. The van der Waals surface area contributed by atoms with Gasteiger partial charge in [0.1, 0.15) is 5.75 Å². The van der Waals surface area contributed by atoms with E-state index in [4.69, 9.17) is 4.74 Å². The van der Waals surface area contributed by atoms with E-state index in [1.807, 2.05) is 24.3 Å². The van der Waals surface area contributed by atoms with E-state index >= 15 is 0 Å². The highest BCUT2D eigenvalue weighted by atomic mass is 127. The number of aliphatic hydroxyl groups is 1. The van der Waals surface area contributed by atoms with Gasteiger partial charge in [0, 0.05) is 31.7 Å². The molecule has 1 fully saturated rings. The summed E-state index contributed by atoms with van der Waals surface area (Å²) in [6.45, 7) is 9.91. The fourth-order valence-corrected chi connectivity index (χ4v) is 3.18. The van der Waals surface area contributed by atoms with Crippen molar-refractivity contribution in [3.8, 4) is 5.75 Å². The van der Waals surface area contributed by atoms with Gasteiger partial charge >= 0.3 is 0 Å². The van der Waals surface area contributed by atoms with Gasteiger partial charge in [0.25, 0.3) is 0 Å². The van der Waals surface area contributed by atoms with Crippen LogP contribution in [0.15, 0.2) is 29.3 Å². The normalized spacial score (nSPS) is 17.3. The standard InChI is InChI=1S/C20H34N4O2.HI/c1-5-21-20(23-17-10-12-24(13-11-17)15(2)3)22-14-19(25)16-6-8-18(26-4)9-7-16;/h6-9,15,17,19,25H,5,10-14H2,1-4H3,(H2,21,22,23);1H. The maximum atomic E-state index is 10.4. The van der Waals surface area contributed by atoms with Crippen molar-refractivity contribution in [1.29, 1.82) is 0 Å². The van der Waals surface area contributed by atoms with E-state index in [1.165, 1.54) is 0 Å². The quantitative estimate of drug-likeness (QED) is 0.312. The molecule has 2 rings (SSSR count). The summed E-state index contributed by atoms with van der Waals surface area (Å²) in [6.07, 6.45) is 1.60. The molecular weight excluding hydrogens is 455 g/mol. The van der Waals surface area contributed by atoms with Gasteiger partial charge in [-0.05, 0) is 51.3 Å². The number of likely N-dealkylation sites (tertiary alicyclic amines) is 1. The first kappa shape index (κ1) is 24.0. The number of hydrogen-bond acceptors (Lipinski definition) is 4. The molecule has 27 heavy (non-hydrogen) atoms. The van der Waals surface area contributed by atoms with Gasteiger partial charge in [-0.1, -0.05) is 12.1 Å². The van der Waals surface area contributed by atoms with Crippen LogP contribution in [-0.2, 0) is 0 Å². The molecule has 1 unspecified atom stereocenters. The van der Waals surface area contributed by atoms with E-state index in [0.717, 1.165) is 49.7 Å². The van der Waals surface area contributed by atoms with Crippen LogP contribution in [0.3, 0.4) is 0 Å². The number of piperidine rings is 1. The van der Waals surface area contributed by atoms with Gasteiger partial charge in [0.15, 0.2) is 5.96 Å². The Morgan fingerprint density at radius 3 is 2.41 bits per heavy atom. The third-order valence-electron chi connectivity index (χ3n) is 4.87. The van der Waals surface area contributed by atoms with Gasteiger partial charge in [-0.25, -0.2) is 0 Å². The Balaban J connectivity index is 0.00000364. The number of aliphatic hydroxyl groups excluding tert-OH is 1. The van der Waals surface area contributed by atoms with Crippen LogP contribution in [-0.4, -0.2) is 61.3 Å². The van der Waals surface area contributed by atoms with Gasteiger partial charge in [-0.3, -0.25) is 4.99 Å². The summed E-state index contributed by atoms with van der Waals surface area (Å²) in [5.74, 6) is 1.57. The highest BCUT2D eigenvalue weighted by molar-refractivity contribution is 14.0. The number of halogens is 1. The van der Waals surface area contributed by atoms with Crippen LogP contribution < -0.4 is 15.4 Å². The fourth-order valence-electron chi connectivity index (χ4n) is 3.18. The minimum Gasteiger partial charge on any atom is -0.497 e. The van der Waals surface area contributed by atoms with Crippen molar-refractivity contribution in [3.63, 3.8) is 0 Å². The number of rotatable bonds is 7. The molecule has 6 nitrogen and oxygen atoms in total. The van der Waals surface area contributed by atoms with E-state index in [0.29, 0.717) is 18.6 Å². The summed E-state index contributed by atoms with van der Waals surface area (Å²) in [6, 6.07) is 8.50. The van der Waals surface area contributed by atoms with Crippen molar-refractivity contribution in [2.24, 2.45) is 4.99 Å². The maximum absolute atomic E-state index is 10.4. The molecule has 3 N–H and O–H groups in total. The lowest BCUT2D eigenvalue weighted by atomic mass is 10.0. The van der Waals surface area contributed by atoms with E-state index < -0.39 is 6.10 Å². The van der Waals surface area contributed by atoms with Crippen molar-refractivity contribution in [2.45, 2.75) is 51.8 Å². The SMILES string of the molecule is CCNC(=NCC(O)c1ccc(OC)cc1)NC1CCN(C(C)C)CC1.I. The van der Waals surface area contributed by atoms with E-state index in [2.05, 4.69) is 41.3 Å². The number of ether oxygens (including phenoxy) is 1.